The van der Waals surface area contributed by atoms with Crippen LogP contribution in [0.25, 0.3) is 6.08 Å². The third-order valence-electron chi connectivity index (χ3n) is 3.09. The molecular formula is C17H12ClNO3. The number of hydrogen-bond acceptors (Lipinski definition) is 4. The average molecular weight is 314 g/mol. The van der Waals surface area contributed by atoms with Crippen molar-refractivity contribution >= 4 is 29.5 Å². The summed E-state index contributed by atoms with van der Waals surface area (Å²) in [5.74, 6) is 0.443. The van der Waals surface area contributed by atoms with Crippen LogP contribution in [0, 0.1) is 0 Å². The van der Waals surface area contributed by atoms with E-state index in [1.54, 1.807) is 37.5 Å². The zero-order valence-corrected chi connectivity index (χ0v) is 12.5. The highest BCUT2D eigenvalue weighted by Crippen LogP contribution is 2.22. The van der Waals surface area contributed by atoms with E-state index in [1.165, 1.54) is 0 Å². The zero-order valence-electron chi connectivity index (χ0n) is 11.7. The molecule has 1 aliphatic heterocycles. The molecule has 0 fully saturated rings. The third-order valence-corrected chi connectivity index (χ3v) is 3.32. The van der Waals surface area contributed by atoms with Gasteiger partial charge in [0.05, 0.1) is 7.11 Å². The first-order valence-electron chi connectivity index (χ1n) is 6.58. The smallest absolute Gasteiger partial charge is 0.363 e. The van der Waals surface area contributed by atoms with Crippen molar-refractivity contribution in [3.05, 3.63) is 70.4 Å². The summed E-state index contributed by atoms with van der Waals surface area (Å²) in [6.45, 7) is 0. The molecule has 1 aliphatic rings. The number of esters is 1. The van der Waals surface area contributed by atoms with Crippen LogP contribution in [-0.2, 0) is 9.53 Å². The van der Waals surface area contributed by atoms with Crippen molar-refractivity contribution in [2.45, 2.75) is 0 Å². The number of benzene rings is 2. The van der Waals surface area contributed by atoms with Crippen LogP contribution >= 0.6 is 11.6 Å². The van der Waals surface area contributed by atoms with Crippen LogP contribution in [0.3, 0.4) is 0 Å². The van der Waals surface area contributed by atoms with Crippen molar-refractivity contribution in [1.29, 1.82) is 0 Å². The van der Waals surface area contributed by atoms with Crippen LogP contribution in [0.15, 0.2) is 59.2 Å². The van der Waals surface area contributed by atoms with Gasteiger partial charge in [-0.1, -0.05) is 29.8 Å². The van der Waals surface area contributed by atoms with Crippen molar-refractivity contribution in [3.8, 4) is 5.75 Å². The summed E-state index contributed by atoms with van der Waals surface area (Å²) in [6, 6.07) is 14.3. The highest BCUT2D eigenvalue weighted by molar-refractivity contribution is 6.30. The minimum absolute atomic E-state index is 0.236. The fraction of sp³-hybridized carbons (Fsp3) is 0.0588. The molecule has 0 N–H and O–H groups in total. The second kappa shape index (κ2) is 6.03. The summed E-state index contributed by atoms with van der Waals surface area (Å²) < 4.78 is 10.4. The predicted molar refractivity (Wildman–Crippen MR) is 85.1 cm³/mol. The maximum Gasteiger partial charge on any atom is 0.363 e. The fourth-order valence-corrected chi connectivity index (χ4v) is 2.24. The summed E-state index contributed by atoms with van der Waals surface area (Å²) in [7, 11) is 1.58. The highest BCUT2D eigenvalue weighted by atomic mass is 35.5. The van der Waals surface area contributed by atoms with Crippen LogP contribution < -0.4 is 4.74 Å². The molecule has 0 saturated carbocycles. The number of ether oxygens (including phenoxy) is 2. The van der Waals surface area contributed by atoms with Gasteiger partial charge >= 0.3 is 5.97 Å². The quantitative estimate of drug-likeness (QED) is 0.641. The van der Waals surface area contributed by atoms with Gasteiger partial charge in [0.1, 0.15) is 5.75 Å². The summed E-state index contributed by atoms with van der Waals surface area (Å²) in [6.07, 6.45) is 1.64. The number of carbonyl (C=O) groups excluding carboxylic acids is 1. The summed E-state index contributed by atoms with van der Waals surface area (Å²) in [5, 5.41) is 0.595. The first-order chi connectivity index (χ1) is 10.7. The van der Waals surface area contributed by atoms with Crippen molar-refractivity contribution < 1.29 is 14.3 Å². The summed E-state index contributed by atoms with van der Waals surface area (Å²) >= 11 is 5.93. The largest absolute Gasteiger partial charge is 0.497 e. The second-order valence-corrected chi connectivity index (χ2v) is 5.06. The van der Waals surface area contributed by atoms with Crippen molar-refractivity contribution in [2.75, 3.05) is 7.11 Å². The monoisotopic (exact) mass is 313 g/mol. The standard InChI is InChI=1S/C17H12ClNO3/c1-21-14-7-3-5-12(10-14)16-19-15(17(20)22-16)9-11-4-2-6-13(18)8-11/h2-10H,1H3/b15-9+. The molecule has 0 aliphatic carbocycles. The van der Waals surface area contributed by atoms with Crippen LogP contribution in [0.5, 0.6) is 5.75 Å². The van der Waals surface area contributed by atoms with E-state index in [4.69, 9.17) is 21.1 Å². The average Bonchev–Trinajstić information content (AvgIpc) is 2.88. The van der Waals surface area contributed by atoms with Gasteiger partial charge in [0, 0.05) is 10.6 Å². The molecule has 0 radical (unpaired) electrons. The SMILES string of the molecule is COc1cccc(C2=N/C(=C/c3cccc(Cl)c3)C(=O)O2)c1. The fourth-order valence-electron chi connectivity index (χ4n) is 2.04. The maximum absolute atomic E-state index is 11.9. The minimum atomic E-state index is -0.488. The van der Waals surface area contributed by atoms with Crippen LogP contribution in [0.1, 0.15) is 11.1 Å². The lowest BCUT2D eigenvalue weighted by Crippen LogP contribution is -2.05. The van der Waals surface area contributed by atoms with Crippen molar-refractivity contribution in [3.63, 3.8) is 0 Å². The predicted octanol–water partition coefficient (Wildman–Crippen LogP) is 3.69. The molecule has 0 atom stereocenters. The number of cyclic esters (lactones) is 1. The number of aliphatic imine (C=N–C) groups is 1. The van der Waals surface area contributed by atoms with Gasteiger partial charge < -0.3 is 9.47 Å². The van der Waals surface area contributed by atoms with E-state index < -0.39 is 5.97 Å². The van der Waals surface area contributed by atoms with Gasteiger partial charge in [-0.25, -0.2) is 9.79 Å². The summed E-state index contributed by atoms with van der Waals surface area (Å²) in [4.78, 5) is 16.2. The zero-order chi connectivity index (χ0) is 15.5. The minimum Gasteiger partial charge on any atom is -0.497 e. The van der Waals surface area contributed by atoms with Gasteiger partial charge in [-0.05, 0) is 42.0 Å². The normalized spacial score (nSPS) is 15.6. The Morgan fingerprint density at radius 2 is 2.00 bits per heavy atom. The lowest BCUT2D eigenvalue weighted by atomic mass is 10.2. The molecule has 2 aromatic rings. The molecule has 3 rings (SSSR count). The molecule has 0 spiro atoms. The van der Waals surface area contributed by atoms with Crippen molar-refractivity contribution in [2.24, 2.45) is 4.99 Å². The molecule has 4 nitrogen and oxygen atoms in total. The third kappa shape index (κ3) is 3.02. The number of rotatable bonds is 3. The van der Waals surface area contributed by atoms with E-state index in [2.05, 4.69) is 4.99 Å². The Morgan fingerprint density at radius 1 is 1.18 bits per heavy atom. The van der Waals surface area contributed by atoms with Crippen LogP contribution in [0.4, 0.5) is 0 Å². The first kappa shape index (κ1) is 14.4. The molecule has 0 amide bonds. The van der Waals surface area contributed by atoms with Gasteiger partial charge in [0.2, 0.25) is 5.90 Å². The molecule has 0 saturated heterocycles. The van der Waals surface area contributed by atoms with Gasteiger partial charge in [-0.15, -0.1) is 0 Å². The Bertz CT molecular complexity index is 796. The Balaban J connectivity index is 1.94. The molecule has 0 aromatic heterocycles. The van der Waals surface area contributed by atoms with Gasteiger partial charge in [0.25, 0.3) is 0 Å². The molecule has 2 aromatic carbocycles. The number of hydrogen-bond donors (Lipinski definition) is 0. The molecule has 1 heterocycles. The van der Waals surface area contributed by atoms with Gasteiger partial charge in [-0.3, -0.25) is 0 Å². The van der Waals surface area contributed by atoms with E-state index in [9.17, 15) is 4.79 Å². The van der Waals surface area contributed by atoms with Gasteiger partial charge in [0.15, 0.2) is 5.70 Å². The lowest BCUT2D eigenvalue weighted by molar-refractivity contribution is -0.129. The van der Waals surface area contributed by atoms with E-state index in [0.29, 0.717) is 16.3 Å². The molecule has 5 heteroatoms. The number of nitrogens with zero attached hydrogens (tertiary/aromatic N) is 1. The number of carbonyl (C=O) groups is 1. The van der Waals surface area contributed by atoms with E-state index in [1.807, 2.05) is 24.3 Å². The molecule has 22 heavy (non-hydrogen) atoms. The number of methoxy groups -OCH3 is 1. The van der Waals surface area contributed by atoms with Crippen molar-refractivity contribution in [1.82, 2.24) is 0 Å². The van der Waals surface area contributed by atoms with Crippen LogP contribution in [-0.4, -0.2) is 19.0 Å². The summed E-state index contributed by atoms with van der Waals surface area (Å²) in [5.41, 5.74) is 1.71. The molecule has 0 unspecified atom stereocenters. The number of halogens is 1. The van der Waals surface area contributed by atoms with E-state index in [0.717, 1.165) is 5.56 Å². The Labute approximate surface area is 132 Å². The van der Waals surface area contributed by atoms with E-state index >= 15 is 0 Å². The van der Waals surface area contributed by atoms with Crippen LogP contribution in [0.2, 0.25) is 5.02 Å². The Morgan fingerprint density at radius 3 is 2.77 bits per heavy atom. The maximum atomic E-state index is 11.9. The highest BCUT2D eigenvalue weighted by Gasteiger charge is 2.24. The lowest BCUT2D eigenvalue weighted by Gasteiger charge is -2.02. The van der Waals surface area contributed by atoms with Gasteiger partial charge in [-0.2, -0.15) is 0 Å². The molecule has 0 bridgehead atoms. The second-order valence-electron chi connectivity index (χ2n) is 4.62. The van der Waals surface area contributed by atoms with E-state index in [-0.39, 0.29) is 11.6 Å². The Hall–Kier alpha value is -2.59. The first-order valence-corrected chi connectivity index (χ1v) is 6.96. The molecule has 110 valence electrons. The topological polar surface area (TPSA) is 47.9 Å². The molecular weight excluding hydrogens is 302 g/mol. The Kier molecular flexibility index (Phi) is 3.94.